The van der Waals surface area contributed by atoms with Gasteiger partial charge in [-0.2, -0.15) is 5.26 Å². The molecule has 0 spiro atoms. The van der Waals surface area contributed by atoms with Crippen molar-refractivity contribution in [2.45, 2.75) is 19.8 Å². The molecule has 1 aliphatic rings. The number of halogens is 1. The van der Waals surface area contributed by atoms with Crippen LogP contribution in [0.2, 0.25) is 5.02 Å². The van der Waals surface area contributed by atoms with Crippen LogP contribution >= 0.6 is 11.6 Å². The van der Waals surface area contributed by atoms with Gasteiger partial charge in [0.15, 0.2) is 0 Å². The SMILES string of the molecule is COc1cc(Cl)ccc1C(=O)N1CCC(C)(C#N)CC1. The fourth-order valence-electron chi connectivity index (χ4n) is 2.33. The average Bonchev–Trinajstić information content (AvgIpc) is 2.47. The lowest BCUT2D eigenvalue weighted by molar-refractivity contribution is 0.0658. The topological polar surface area (TPSA) is 53.3 Å². The molecule has 0 aromatic heterocycles. The number of rotatable bonds is 2. The quantitative estimate of drug-likeness (QED) is 0.841. The van der Waals surface area contributed by atoms with E-state index >= 15 is 0 Å². The number of hydrogen-bond acceptors (Lipinski definition) is 3. The van der Waals surface area contributed by atoms with Crippen LogP contribution in [-0.2, 0) is 0 Å². The molecule has 1 amide bonds. The predicted octanol–water partition coefficient (Wildman–Crippen LogP) is 3.11. The summed E-state index contributed by atoms with van der Waals surface area (Å²) in [5, 5.41) is 9.65. The van der Waals surface area contributed by atoms with Gasteiger partial charge in [-0.15, -0.1) is 0 Å². The van der Waals surface area contributed by atoms with E-state index in [2.05, 4.69) is 6.07 Å². The first-order valence-electron chi connectivity index (χ1n) is 6.53. The van der Waals surface area contributed by atoms with Crippen molar-refractivity contribution in [3.05, 3.63) is 28.8 Å². The maximum Gasteiger partial charge on any atom is 0.257 e. The highest BCUT2D eigenvalue weighted by molar-refractivity contribution is 6.30. The Morgan fingerprint density at radius 1 is 1.45 bits per heavy atom. The summed E-state index contributed by atoms with van der Waals surface area (Å²) in [5.74, 6) is 0.412. The highest BCUT2D eigenvalue weighted by Gasteiger charge is 2.32. The predicted molar refractivity (Wildman–Crippen MR) is 76.9 cm³/mol. The third kappa shape index (κ3) is 2.88. The standard InChI is InChI=1S/C15H17ClN2O2/c1-15(10-17)5-7-18(8-6-15)14(19)12-4-3-11(16)9-13(12)20-2/h3-4,9H,5-8H2,1-2H3. The van der Waals surface area contributed by atoms with Gasteiger partial charge in [-0.05, 0) is 38.0 Å². The lowest BCUT2D eigenvalue weighted by Crippen LogP contribution is -2.41. The van der Waals surface area contributed by atoms with Crippen molar-refractivity contribution in [2.75, 3.05) is 20.2 Å². The van der Waals surface area contributed by atoms with E-state index in [0.717, 1.165) is 0 Å². The van der Waals surface area contributed by atoms with Crippen molar-refractivity contribution in [3.8, 4) is 11.8 Å². The molecule has 0 atom stereocenters. The van der Waals surface area contributed by atoms with Gasteiger partial charge in [-0.1, -0.05) is 11.6 Å². The van der Waals surface area contributed by atoms with Gasteiger partial charge in [0, 0.05) is 18.1 Å². The zero-order chi connectivity index (χ0) is 14.8. The van der Waals surface area contributed by atoms with Gasteiger partial charge in [0.2, 0.25) is 0 Å². The summed E-state index contributed by atoms with van der Waals surface area (Å²) >= 11 is 5.90. The van der Waals surface area contributed by atoms with E-state index in [1.165, 1.54) is 7.11 Å². The minimum absolute atomic E-state index is 0.0708. The molecule has 1 aliphatic heterocycles. The lowest BCUT2D eigenvalue weighted by Gasteiger charge is -2.35. The summed E-state index contributed by atoms with van der Waals surface area (Å²) in [4.78, 5) is 14.3. The largest absolute Gasteiger partial charge is 0.496 e. The monoisotopic (exact) mass is 292 g/mol. The summed E-state index contributed by atoms with van der Waals surface area (Å²) in [7, 11) is 1.52. The summed E-state index contributed by atoms with van der Waals surface area (Å²) in [6, 6.07) is 7.33. The third-order valence-corrected chi connectivity index (χ3v) is 4.05. The molecule has 1 aromatic rings. The van der Waals surface area contributed by atoms with Crippen LogP contribution in [0.4, 0.5) is 0 Å². The number of ether oxygens (including phenoxy) is 1. The molecule has 20 heavy (non-hydrogen) atoms. The number of methoxy groups -OCH3 is 1. The number of nitriles is 1. The Hall–Kier alpha value is -1.73. The first kappa shape index (κ1) is 14.7. The van der Waals surface area contributed by atoms with E-state index in [9.17, 15) is 4.79 Å². The van der Waals surface area contributed by atoms with E-state index in [1.54, 1.807) is 23.1 Å². The summed E-state index contributed by atoms with van der Waals surface area (Å²) < 4.78 is 5.22. The second kappa shape index (κ2) is 5.72. The van der Waals surface area contributed by atoms with Crippen LogP contribution in [0, 0.1) is 16.7 Å². The van der Waals surface area contributed by atoms with Crippen LogP contribution in [0.1, 0.15) is 30.1 Å². The van der Waals surface area contributed by atoms with Gasteiger partial charge < -0.3 is 9.64 Å². The Kier molecular flexibility index (Phi) is 4.20. The number of benzene rings is 1. The molecule has 0 radical (unpaired) electrons. The van der Waals surface area contributed by atoms with Gasteiger partial charge in [0.1, 0.15) is 5.75 Å². The number of hydrogen-bond donors (Lipinski definition) is 0. The van der Waals surface area contributed by atoms with Crippen molar-refractivity contribution in [1.82, 2.24) is 4.90 Å². The minimum atomic E-state index is -0.319. The van der Waals surface area contributed by atoms with E-state index in [4.69, 9.17) is 21.6 Å². The zero-order valence-corrected chi connectivity index (χ0v) is 12.4. The number of piperidine rings is 1. The van der Waals surface area contributed by atoms with Gasteiger partial charge in [0.05, 0.1) is 24.2 Å². The van der Waals surface area contributed by atoms with Crippen molar-refractivity contribution >= 4 is 17.5 Å². The molecule has 0 bridgehead atoms. The molecule has 2 rings (SSSR count). The number of carbonyl (C=O) groups is 1. The molecule has 0 unspecified atom stereocenters. The van der Waals surface area contributed by atoms with Crippen LogP contribution in [-0.4, -0.2) is 31.0 Å². The second-order valence-corrected chi connectivity index (χ2v) is 5.75. The van der Waals surface area contributed by atoms with E-state index in [0.29, 0.717) is 42.3 Å². The van der Waals surface area contributed by atoms with Crippen LogP contribution in [0.15, 0.2) is 18.2 Å². The van der Waals surface area contributed by atoms with Crippen molar-refractivity contribution in [3.63, 3.8) is 0 Å². The summed E-state index contributed by atoms with van der Waals surface area (Å²) in [6.45, 7) is 3.13. The van der Waals surface area contributed by atoms with Crippen LogP contribution < -0.4 is 4.74 Å². The molecule has 0 saturated carbocycles. The molecule has 4 nitrogen and oxygen atoms in total. The van der Waals surface area contributed by atoms with Gasteiger partial charge >= 0.3 is 0 Å². The van der Waals surface area contributed by atoms with E-state index in [1.807, 2.05) is 6.92 Å². The summed E-state index contributed by atoms with van der Waals surface area (Å²) in [5.41, 5.74) is 0.193. The lowest BCUT2D eigenvalue weighted by atomic mass is 9.82. The van der Waals surface area contributed by atoms with Crippen LogP contribution in [0.3, 0.4) is 0 Å². The molecular formula is C15H17ClN2O2. The highest BCUT2D eigenvalue weighted by atomic mass is 35.5. The number of likely N-dealkylation sites (tertiary alicyclic amines) is 1. The zero-order valence-electron chi connectivity index (χ0n) is 11.6. The molecule has 5 heteroatoms. The van der Waals surface area contributed by atoms with Crippen molar-refractivity contribution in [1.29, 1.82) is 5.26 Å². The summed E-state index contributed by atoms with van der Waals surface area (Å²) in [6.07, 6.45) is 1.40. The molecular weight excluding hydrogens is 276 g/mol. The molecule has 106 valence electrons. The Bertz CT molecular complexity index is 557. The van der Waals surface area contributed by atoms with Gasteiger partial charge in [-0.25, -0.2) is 0 Å². The molecule has 1 aromatic carbocycles. The maximum absolute atomic E-state index is 12.5. The van der Waals surface area contributed by atoms with Gasteiger partial charge in [0.25, 0.3) is 5.91 Å². The highest BCUT2D eigenvalue weighted by Crippen LogP contribution is 2.32. The molecule has 1 saturated heterocycles. The van der Waals surface area contributed by atoms with Crippen LogP contribution in [0.25, 0.3) is 0 Å². The first-order valence-corrected chi connectivity index (χ1v) is 6.91. The van der Waals surface area contributed by atoms with Crippen molar-refractivity contribution < 1.29 is 9.53 Å². The Morgan fingerprint density at radius 3 is 2.65 bits per heavy atom. The van der Waals surface area contributed by atoms with Crippen molar-refractivity contribution in [2.24, 2.45) is 5.41 Å². The number of amides is 1. The molecule has 0 aliphatic carbocycles. The maximum atomic E-state index is 12.5. The average molecular weight is 293 g/mol. The molecule has 1 heterocycles. The normalized spacial score (nSPS) is 17.4. The minimum Gasteiger partial charge on any atom is -0.496 e. The number of carbonyl (C=O) groups excluding carboxylic acids is 1. The Morgan fingerprint density at radius 2 is 2.10 bits per heavy atom. The fourth-order valence-corrected chi connectivity index (χ4v) is 2.49. The Balaban J connectivity index is 2.16. The van der Waals surface area contributed by atoms with E-state index < -0.39 is 0 Å². The molecule has 1 fully saturated rings. The Labute approximate surface area is 123 Å². The second-order valence-electron chi connectivity index (χ2n) is 5.31. The fraction of sp³-hybridized carbons (Fsp3) is 0.467. The van der Waals surface area contributed by atoms with E-state index in [-0.39, 0.29) is 11.3 Å². The van der Waals surface area contributed by atoms with Gasteiger partial charge in [-0.3, -0.25) is 4.79 Å². The van der Waals surface area contributed by atoms with Crippen LogP contribution in [0.5, 0.6) is 5.75 Å². The molecule has 0 N–H and O–H groups in total. The third-order valence-electron chi connectivity index (χ3n) is 3.82. The first-order chi connectivity index (χ1) is 9.49. The smallest absolute Gasteiger partial charge is 0.257 e. The number of nitrogens with zero attached hydrogens (tertiary/aromatic N) is 2.